The molecule has 2 N–H and O–H groups in total. The van der Waals surface area contributed by atoms with Crippen LogP contribution in [0.2, 0.25) is 10.0 Å². The zero-order valence-electron chi connectivity index (χ0n) is 11.1. The summed E-state index contributed by atoms with van der Waals surface area (Å²) in [5, 5.41) is 6.51. The molecular weight excluding hydrogens is 337 g/mol. The second-order valence-electron chi connectivity index (χ2n) is 4.80. The SMILES string of the molecule is O=C(NCCNc1ncc(Cl)cc1Cl)C1CCS(=O)(=O)C1. The minimum absolute atomic E-state index is 0.0587. The van der Waals surface area contributed by atoms with E-state index in [2.05, 4.69) is 15.6 Å². The van der Waals surface area contributed by atoms with E-state index >= 15 is 0 Å². The second kappa shape index (κ2) is 6.81. The van der Waals surface area contributed by atoms with Crippen molar-refractivity contribution in [1.29, 1.82) is 0 Å². The number of nitrogens with zero attached hydrogens (tertiary/aromatic N) is 1. The van der Waals surface area contributed by atoms with Crippen molar-refractivity contribution in [2.24, 2.45) is 5.92 Å². The van der Waals surface area contributed by atoms with Gasteiger partial charge >= 0.3 is 0 Å². The Morgan fingerprint density at radius 2 is 2.14 bits per heavy atom. The van der Waals surface area contributed by atoms with Crippen LogP contribution in [-0.2, 0) is 14.6 Å². The van der Waals surface area contributed by atoms with Crippen molar-refractivity contribution < 1.29 is 13.2 Å². The van der Waals surface area contributed by atoms with E-state index in [0.29, 0.717) is 35.4 Å². The molecule has 1 aromatic rings. The number of sulfone groups is 1. The first-order valence-corrected chi connectivity index (χ1v) is 8.98. The third-order valence-electron chi connectivity index (χ3n) is 3.13. The zero-order chi connectivity index (χ0) is 15.5. The maximum absolute atomic E-state index is 11.8. The molecule has 1 amide bonds. The number of aromatic nitrogens is 1. The zero-order valence-corrected chi connectivity index (χ0v) is 13.4. The van der Waals surface area contributed by atoms with Gasteiger partial charge in [0.05, 0.1) is 27.5 Å². The van der Waals surface area contributed by atoms with Gasteiger partial charge in [0.2, 0.25) is 5.91 Å². The first kappa shape index (κ1) is 16.3. The highest BCUT2D eigenvalue weighted by molar-refractivity contribution is 7.91. The molecule has 1 aliphatic rings. The van der Waals surface area contributed by atoms with Crippen LogP contribution in [0.4, 0.5) is 5.82 Å². The molecule has 21 heavy (non-hydrogen) atoms. The van der Waals surface area contributed by atoms with E-state index in [-0.39, 0.29) is 17.4 Å². The number of halogens is 2. The number of carbonyl (C=O) groups is 1. The quantitative estimate of drug-likeness (QED) is 0.781. The summed E-state index contributed by atoms with van der Waals surface area (Å²) in [5.74, 6) is -0.149. The smallest absolute Gasteiger partial charge is 0.224 e. The molecule has 1 aliphatic heterocycles. The lowest BCUT2D eigenvalue weighted by Crippen LogP contribution is -2.34. The van der Waals surface area contributed by atoms with Gasteiger partial charge < -0.3 is 10.6 Å². The summed E-state index contributed by atoms with van der Waals surface area (Å²) in [6, 6.07) is 1.57. The lowest BCUT2D eigenvalue weighted by molar-refractivity contribution is -0.124. The number of carbonyl (C=O) groups excluding carboxylic acids is 1. The van der Waals surface area contributed by atoms with Gasteiger partial charge in [-0.2, -0.15) is 0 Å². The second-order valence-corrected chi connectivity index (χ2v) is 7.87. The minimum atomic E-state index is -3.04. The lowest BCUT2D eigenvalue weighted by Gasteiger charge is -2.11. The molecule has 0 saturated carbocycles. The summed E-state index contributed by atoms with van der Waals surface area (Å²) in [7, 11) is -3.04. The summed E-state index contributed by atoms with van der Waals surface area (Å²) >= 11 is 11.7. The molecule has 1 atom stereocenters. The molecule has 0 spiro atoms. The van der Waals surface area contributed by atoms with Crippen molar-refractivity contribution in [2.75, 3.05) is 29.9 Å². The van der Waals surface area contributed by atoms with E-state index in [1.54, 1.807) is 6.07 Å². The molecule has 1 unspecified atom stereocenters. The van der Waals surface area contributed by atoms with E-state index in [9.17, 15) is 13.2 Å². The van der Waals surface area contributed by atoms with Crippen LogP contribution in [0, 0.1) is 5.92 Å². The fourth-order valence-corrected chi connectivity index (χ4v) is 4.25. The Hall–Kier alpha value is -1.05. The summed E-state index contributed by atoms with van der Waals surface area (Å²) in [6.45, 7) is 0.787. The van der Waals surface area contributed by atoms with Crippen molar-refractivity contribution >= 4 is 44.8 Å². The van der Waals surface area contributed by atoms with Crippen LogP contribution in [0.25, 0.3) is 0 Å². The molecule has 9 heteroatoms. The number of rotatable bonds is 5. The Labute approximate surface area is 133 Å². The molecule has 0 radical (unpaired) electrons. The summed E-state index contributed by atoms with van der Waals surface area (Å²) in [6.07, 6.45) is 1.86. The van der Waals surface area contributed by atoms with Gasteiger partial charge in [0.1, 0.15) is 5.82 Å². The summed E-state index contributed by atoms with van der Waals surface area (Å²) in [4.78, 5) is 15.8. The highest BCUT2D eigenvalue weighted by Crippen LogP contribution is 2.22. The highest BCUT2D eigenvalue weighted by Gasteiger charge is 2.32. The van der Waals surface area contributed by atoms with Gasteiger partial charge in [-0.1, -0.05) is 23.2 Å². The molecule has 0 aliphatic carbocycles. The number of pyridine rings is 1. The van der Waals surface area contributed by atoms with E-state index in [0.717, 1.165) is 0 Å². The van der Waals surface area contributed by atoms with Gasteiger partial charge in [-0.3, -0.25) is 4.79 Å². The van der Waals surface area contributed by atoms with Crippen LogP contribution in [0.5, 0.6) is 0 Å². The number of anilines is 1. The normalized spacial score (nSPS) is 20.2. The molecule has 1 aromatic heterocycles. The van der Waals surface area contributed by atoms with Crippen molar-refractivity contribution in [1.82, 2.24) is 10.3 Å². The maximum atomic E-state index is 11.8. The molecular formula is C12H15Cl2N3O3S. The highest BCUT2D eigenvalue weighted by atomic mass is 35.5. The van der Waals surface area contributed by atoms with Gasteiger partial charge in [-0.25, -0.2) is 13.4 Å². The van der Waals surface area contributed by atoms with Gasteiger partial charge in [-0.05, 0) is 12.5 Å². The molecule has 0 aromatic carbocycles. The number of hydrogen-bond donors (Lipinski definition) is 2. The third kappa shape index (κ3) is 4.72. The van der Waals surface area contributed by atoms with Crippen LogP contribution >= 0.6 is 23.2 Å². The van der Waals surface area contributed by atoms with E-state index in [4.69, 9.17) is 23.2 Å². The molecule has 2 rings (SSSR count). The molecule has 2 heterocycles. The Morgan fingerprint density at radius 1 is 1.38 bits per heavy atom. The molecule has 1 fully saturated rings. The fraction of sp³-hybridized carbons (Fsp3) is 0.500. The van der Waals surface area contributed by atoms with E-state index < -0.39 is 15.8 Å². The van der Waals surface area contributed by atoms with Crippen LogP contribution in [0.15, 0.2) is 12.3 Å². The Kier molecular flexibility index (Phi) is 5.29. The summed E-state index contributed by atoms with van der Waals surface area (Å²) in [5.41, 5.74) is 0. The van der Waals surface area contributed by atoms with Crippen molar-refractivity contribution in [2.45, 2.75) is 6.42 Å². The van der Waals surface area contributed by atoms with Crippen LogP contribution in [0.3, 0.4) is 0 Å². The Bertz CT molecular complexity index is 637. The van der Waals surface area contributed by atoms with Crippen LogP contribution in [0.1, 0.15) is 6.42 Å². The number of nitrogens with one attached hydrogen (secondary N) is 2. The lowest BCUT2D eigenvalue weighted by atomic mass is 10.1. The minimum Gasteiger partial charge on any atom is -0.367 e. The standard InChI is InChI=1S/C12H15Cl2N3O3S/c13-9-5-10(14)11(17-6-9)15-2-3-16-12(18)8-1-4-21(19,20)7-8/h5-6,8H,1-4,7H2,(H,15,17)(H,16,18). The average molecular weight is 352 g/mol. The van der Waals surface area contributed by atoms with E-state index in [1.807, 2.05) is 0 Å². The number of hydrogen-bond acceptors (Lipinski definition) is 5. The van der Waals surface area contributed by atoms with Crippen molar-refractivity contribution in [3.05, 3.63) is 22.3 Å². The molecule has 6 nitrogen and oxygen atoms in total. The predicted molar refractivity (Wildman–Crippen MR) is 82.5 cm³/mol. The Morgan fingerprint density at radius 3 is 2.76 bits per heavy atom. The maximum Gasteiger partial charge on any atom is 0.224 e. The average Bonchev–Trinajstić information content (AvgIpc) is 2.77. The van der Waals surface area contributed by atoms with Gasteiger partial charge in [0, 0.05) is 19.3 Å². The van der Waals surface area contributed by atoms with Crippen molar-refractivity contribution in [3.8, 4) is 0 Å². The summed E-state index contributed by atoms with van der Waals surface area (Å²) < 4.78 is 22.6. The van der Waals surface area contributed by atoms with Crippen LogP contribution < -0.4 is 10.6 Å². The molecule has 116 valence electrons. The predicted octanol–water partition coefficient (Wildman–Crippen LogP) is 1.35. The number of amides is 1. The van der Waals surface area contributed by atoms with Crippen LogP contribution in [-0.4, -0.2) is 43.9 Å². The van der Waals surface area contributed by atoms with E-state index in [1.165, 1.54) is 6.20 Å². The fourth-order valence-electron chi connectivity index (χ4n) is 2.06. The van der Waals surface area contributed by atoms with Gasteiger partial charge in [0.25, 0.3) is 0 Å². The van der Waals surface area contributed by atoms with Gasteiger partial charge in [0.15, 0.2) is 9.84 Å². The van der Waals surface area contributed by atoms with Crippen molar-refractivity contribution in [3.63, 3.8) is 0 Å². The first-order chi connectivity index (χ1) is 9.87. The topological polar surface area (TPSA) is 88.2 Å². The first-order valence-electron chi connectivity index (χ1n) is 6.40. The molecule has 0 bridgehead atoms. The Balaban J connectivity index is 1.73. The molecule has 1 saturated heterocycles. The third-order valence-corrected chi connectivity index (χ3v) is 5.39. The largest absolute Gasteiger partial charge is 0.367 e. The van der Waals surface area contributed by atoms with Gasteiger partial charge in [-0.15, -0.1) is 0 Å². The monoisotopic (exact) mass is 351 g/mol.